The van der Waals surface area contributed by atoms with Gasteiger partial charge in [0.1, 0.15) is 10.7 Å². The fourth-order valence-corrected chi connectivity index (χ4v) is 2.59. The van der Waals surface area contributed by atoms with Crippen LogP contribution in [-0.2, 0) is 13.0 Å². The molecule has 1 aromatic carbocycles. The maximum atomic E-state index is 4.23. The first kappa shape index (κ1) is 14.8. The van der Waals surface area contributed by atoms with E-state index in [-0.39, 0.29) is 0 Å². The fraction of sp³-hybridized carbons (Fsp3) is 0.467. The molecule has 0 bridgehead atoms. The molecule has 2 rings (SSSR count). The largest absolute Gasteiger partial charge is 0.374 e. The van der Waals surface area contributed by atoms with E-state index in [1.807, 2.05) is 0 Å². The third kappa shape index (κ3) is 3.70. The van der Waals surface area contributed by atoms with Gasteiger partial charge in [-0.15, -0.1) is 5.10 Å². The first-order valence-corrected chi connectivity index (χ1v) is 7.87. The molecule has 0 atom stereocenters. The number of benzene rings is 1. The number of hydrogen-bond acceptors (Lipinski definition) is 5. The van der Waals surface area contributed by atoms with Crippen molar-refractivity contribution in [1.82, 2.24) is 9.59 Å². The van der Waals surface area contributed by atoms with Gasteiger partial charge in [-0.25, -0.2) is 0 Å². The summed E-state index contributed by atoms with van der Waals surface area (Å²) >= 11 is 1.43. The van der Waals surface area contributed by atoms with Gasteiger partial charge < -0.3 is 10.2 Å². The van der Waals surface area contributed by atoms with Crippen LogP contribution in [-0.4, -0.2) is 23.2 Å². The molecule has 0 saturated carbocycles. The predicted octanol–water partition coefficient (Wildman–Crippen LogP) is 3.56. The third-order valence-electron chi connectivity index (χ3n) is 3.26. The highest BCUT2D eigenvalue weighted by Crippen LogP contribution is 2.22. The molecule has 1 heterocycles. The smallest absolute Gasteiger partial charge is 0.135 e. The average Bonchev–Trinajstić information content (AvgIpc) is 2.92. The van der Waals surface area contributed by atoms with E-state index < -0.39 is 0 Å². The minimum Gasteiger partial charge on any atom is -0.374 e. The van der Waals surface area contributed by atoms with Crippen LogP contribution in [0.2, 0.25) is 0 Å². The number of nitrogens with zero attached hydrogens (tertiary/aromatic N) is 3. The molecule has 1 N–H and O–H groups in total. The summed E-state index contributed by atoms with van der Waals surface area (Å²) in [5.41, 5.74) is 3.59. The lowest BCUT2D eigenvalue weighted by atomic mass is 10.1. The molecule has 0 aliphatic carbocycles. The maximum Gasteiger partial charge on any atom is 0.135 e. The Morgan fingerprint density at radius 1 is 1.20 bits per heavy atom. The summed E-state index contributed by atoms with van der Waals surface area (Å²) in [4.78, 5) is 2.20. The minimum atomic E-state index is 0.772. The standard InChI is InChI=1S/C15H22N4S/c1-4-10-16-15-14(17-18-20-15)11-19(3)13-8-6-12(5-2)7-9-13/h6-9,16H,4-5,10-11H2,1-3H3. The molecule has 0 fully saturated rings. The Hall–Kier alpha value is -1.62. The Balaban J connectivity index is 2.03. The van der Waals surface area contributed by atoms with Crippen molar-refractivity contribution in [2.75, 3.05) is 23.8 Å². The Bertz CT molecular complexity index is 521. The summed E-state index contributed by atoms with van der Waals surface area (Å²) in [5.74, 6) is 0. The van der Waals surface area contributed by atoms with Gasteiger partial charge in [0.05, 0.1) is 6.54 Å². The Labute approximate surface area is 125 Å². The lowest BCUT2D eigenvalue weighted by Crippen LogP contribution is -2.17. The van der Waals surface area contributed by atoms with Gasteiger partial charge in [-0.05, 0) is 30.5 Å². The predicted molar refractivity (Wildman–Crippen MR) is 86.6 cm³/mol. The second-order valence-corrected chi connectivity index (χ2v) is 5.61. The Morgan fingerprint density at radius 2 is 1.95 bits per heavy atom. The van der Waals surface area contributed by atoms with Gasteiger partial charge in [-0.2, -0.15) is 0 Å². The zero-order valence-electron chi connectivity index (χ0n) is 12.4. The van der Waals surface area contributed by atoms with Crippen LogP contribution in [0.5, 0.6) is 0 Å². The summed E-state index contributed by atoms with van der Waals surface area (Å²) < 4.78 is 4.05. The second kappa shape index (κ2) is 7.24. The Morgan fingerprint density at radius 3 is 2.60 bits per heavy atom. The summed E-state index contributed by atoms with van der Waals surface area (Å²) in [6, 6.07) is 8.69. The number of aryl methyl sites for hydroxylation is 1. The van der Waals surface area contributed by atoms with Gasteiger partial charge in [0.25, 0.3) is 0 Å². The molecule has 20 heavy (non-hydrogen) atoms. The highest BCUT2D eigenvalue weighted by molar-refractivity contribution is 7.10. The van der Waals surface area contributed by atoms with Gasteiger partial charge >= 0.3 is 0 Å². The molecule has 4 nitrogen and oxygen atoms in total. The SMILES string of the molecule is CCCNc1snnc1CN(C)c1ccc(CC)cc1. The molecule has 0 aliphatic rings. The van der Waals surface area contributed by atoms with Gasteiger partial charge in [-0.1, -0.05) is 30.5 Å². The first-order valence-electron chi connectivity index (χ1n) is 7.09. The molecule has 0 spiro atoms. The topological polar surface area (TPSA) is 41.1 Å². The fourth-order valence-electron chi connectivity index (χ4n) is 1.99. The molecule has 0 unspecified atom stereocenters. The van der Waals surface area contributed by atoms with Crippen molar-refractivity contribution in [2.24, 2.45) is 0 Å². The highest BCUT2D eigenvalue weighted by Gasteiger charge is 2.10. The third-order valence-corrected chi connectivity index (χ3v) is 3.99. The van der Waals surface area contributed by atoms with Crippen molar-refractivity contribution in [2.45, 2.75) is 33.2 Å². The van der Waals surface area contributed by atoms with Crippen molar-refractivity contribution in [3.05, 3.63) is 35.5 Å². The number of hydrogen-bond donors (Lipinski definition) is 1. The van der Waals surface area contributed by atoms with E-state index >= 15 is 0 Å². The molecule has 0 amide bonds. The molecular weight excluding hydrogens is 268 g/mol. The van der Waals surface area contributed by atoms with E-state index in [1.165, 1.54) is 22.8 Å². The van der Waals surface area contributed by atoms with Crippen LogP contribution in [0, 0.1) is 0 Å². The van der Waals surface area contributed by atoms with Crippen molar-refractivity contribution < 1.29 is 0 Å². The number of anilines is 2. The summed E-state index contributed by atoms with van der Waals surface area (Å²) in [6.07, 6.45) is 2.18. The van der Waals surface area contributed by atoms with E-state index in [9.17, 15) is 0 Å². The number of aromatic nitrogens is 2. The summed E-state index contributed by atoms with van der Waals surface area (Å²) in [6.45, 7) is 6.06. The number of rotatable bonds is 7. The summed E-state index contributed by atoms with van der Waals surface area (Å²) in [5, 5.41) is 8.70. The van der Waals surface area contributed by atoms with Crippen molar-refractivity contribution in [1.29, 1.82) is 0 Å². The van der Waals surface area contributed by atoms with E-state index in [1.54, 1.807) is 0 Å². The number of nitrogens with one attached hydrogen (secondary N) is 1. The first-order chi connectivity index (χ1) is 9.74. The van der Waals surface area contributed by atoms with E-state index in [2.05, 4.69) is 65.0 Å². The quantitative estimate of drug-likeness (QED) is 0.846. The monoisotopic (exact) mass is 290 g/mol. The molecule has 108 valence electrons. The lowest BCUT2D eigenvalue weighted by molar-refractivity contribution is 0.868. The van der Waals surface area contributed by atoms with Gasteiger partial charge in [0, 0.05) is 30.8 Å². The van der Waals surface area contributed by atoms with E-state index in [4.69, 9.17) is 0 Å². The molecule has 0 radical (unpaired) electrons. The van der Waals surface area contributed by atoms with Crippen LogP contribution in [0.1, 0.15) is 31.5 Å². The maximum absolute atomic E-state index is 4.23. The van der Waals surface area contributed by atoms with Gasteiger partial charge in [-0.3, -0.25) is 0 Å². The van der Waals surface area contributed by atoms with Crippen molar-refractivity contribution in [3.63, 3.8) is 0 Å². The minimum absolute atomic E-state index is 0.772. The van der Waals surface area contributed by atoms with E-state index in [0.29, 0.717) is 0 Å². The van der Waals surface area contributed by atoms with Crippen LogP contribution in [0.4, 0.5) is 10.7 Å². The van der Waals surface area contributed by atoms with Crippen LogP contribution >= 0.6 is 11.5 Å². The lowest BCUT2D eigenvalue weighted by Gasteiger charge is -2.19. The van der Waals surface area contributed by atoms with Crippen LogP contribution in [0.15, 0.2) is 24.3 Å². The zero-order valence-corrected chi connectivity index (χ0v) is 13.2. The van der Waals surface area contributed by atoms with Crippen LogP contribution < -0.4 is 10.2 Å². The van der Waals surface area contributed by atoms with Crippen molar-refractivity contribution in [3.8, 4) is 0 Å². The molecule has 5 heteroatoms. The molecule has 2 aromatic rings. The van der Waals surface area contributed by atoms with Crippen LogP contribution in [0.3, 0.4) is 0 Å². The molecule has 1 aromatic heterocycles. The normalized spacial score (nSPS) is 10.6. The van der Waals surface area contributed by atoms with Gasteiger partial charge in [0.15, 0.2) is 0 Å². The van der Waals surface area contributed by atoms with Crippen molar-refractivity contribution >= 4 is 22.2 Å². The highest BCUT2D eigenvalue weighted by atomic mass is 32.1. The Kier molecular flexibility index (Phi) is 5.35. The van der Waals surface area contributed by atoms with Crippen LogP contribution in [0.25, 0.3) is 0 Å². The molecule has 0 saturated heterocycles. The van der Waals surface area contributed by atoms with E-state index in [0.717, 1.165) is 36.6 Å². The average molecular weight is 290 g/mol. The summed E-state index contributed by atoms with van der Waals surface area (Å²) in [7, 11) is 2.09. The van der Waals surface area contributed by atoms with Gasteiger partial charge in [0.2, 0.25) is 0 Å². The zero-order chi connectivity index (χ0) is 14.4. The second-order valence-electron chi connectivity index (χ2n) is 4.85. The molecule has 0 aliphatic heterocycles. The molecular formula is C15H22N4S.